The van der Waals surface area contributed by atoms with Crippen LogP contribution in [0.3, 0.4) is 0 Å². The van der Waals surface area contributed by atoms with Crippen LogP contribution in [-0.4, -0.2) is 63.8 Å². The Balaban J connectivity index is 1.71. The molecule has 1 fully saturated rings. The third kappa shape index (κ3) is 4.46. The predicted octanol–water partition coefficient (Wildman–Crippen LogP) is 2.75. The standard InChI is InChI=1S/C23H25N5O4/c1-3-32-23(30)16-7-6-10-27(14-16)22(29)18-11-17(20-8-4-5-9-21(20)31-2)12-19(13-18)28-15-24-25-26-28/h4-5,8-9,11-13,15-16H,3,6-7,10,14H2,1-2H3/t16-/m1/s1. The summed E-state index contributed by atoms with van der Waals surface area (Å²) in [5.41, 5.74) is 2.80. The van der Waals surface area contributed by atoms with Crippen LogP contribution in [0.15, 0.2) is 48.8 Å². The van der Waals surface area contributed by atoms with Crippen LogP contribution in [-0.2, 0) is 9.53 Å². The molecule has 166 valence electrons. The van der Waals surface area contributed by atoms with Gasteiger partial charge in [-0.25, -0.2) is 4.68 Å². The number of carbonyl (C=O) groups excluding carboxylic acids is 2. The first kappa shape index (κ1) is 21.5. The summed E-state index contributed by atoms with van der Waals surface area (Å²) in [6, 6.07) is 13.1. The summed E-state index contributed by atoms with van der Waals surface area (Å²) < 4.78 is 12.2. The maximum absolute atomic E-state index is 13.5. The lowest BCUT2D eigenvalue weighted by Gasteiger charge is -2.31. The summed E-state index contributed by atoms with van der Waals surface area (Å²) in [6.45, 7) is 3.05. The second-order valence-electron chi connectivity index (χ2n) is 7.57. The van der Waals surface area contributed by atoms with Crippen molar-refractivity contribution < 1.29 is 19.1 Å². The maximum atomic E-state index is 13.5. The molecule has 2 aromatic carbocycles. The van der Waals surface area contributed by atoms with Crippen molar-refractivity contribution in [3.63, 3.8) is 0 Å². The average molecular weight is 435 g/mol. The fourth-order valence-corrected chi connectivity index (χ4v) is 3.98. The van der Waals surface area contributed by atoms with Crippen LogP contribution in [0, 0.1) is 5.92 Å². The van der Waals surface area contributed by atoms with E-state index in [9.17, 15) is 9.59 Å². The van der Waals surface area contributed by atoms with Crippen molar-refractivity contribution in [1.82, 2.24) is 25.1 Å². The number of esters is 1. The molecule has 2 heterocycles. The summed E-state index contributed by atoms with van der Waals surface area (Å²) in [5.74, 6) is -0.00336. The normalized spacial score (nSPS) is 15.9. The second-order valence-corrected chi connectivity index (χ2v) is 7.57. The monoisotopic (exact) mass is 435 g/mol. The number of carbonyl (C=O) groups is 2. The Morgan fingerprint density at radius 3 is 2.78 bits per heavy atom. The van der Waals surface area contributed by atoms with Crippen molar-refractivity contribution in [2.45, 2.75) is 19.8 Å². The molecule has 0 unspecified atom stereocenters. The van der Waals surface area contributed by atoms with Crippen LogP contribution in [0.5, 0.6) is 5.75 Å². The Morgan fingerprint density at radius 2 is 2.03 bits per heavy atom. The highest BCUT2D eigenvalue weighted by Gasteiger charge is 2.30. The molecule has 1 aromatic heterocycles. The molecule has 3 aromatic rings. The number of rotatable bonds is 6. The number of tetrazole rings is 1. The van der Waals surface area contributed by atoms with Gasteiger partial charge in [0.1, 0.15) is 12.1 Å². The minimum absolute atomic E-state index is 0.148. The van der Waals surface area contributed by atoms with Crippen LogP contribution >= 0.6 is 0 Å². The number of para-hydroxylation sites is 1. The fraction of sp³-hybridized carbons (Fsp3) is 0.348. The molecule has 0 bridgehead atoms. The number of piperidine rings is 1. The van der Waals surface area contributed by atoms with Gasteiger partial charge in [-0.15, -0.1) is 5.10 Å². The van der Waals surface area contributed by atoms with Crippen molar-refractivity contribution in [1.29, 1.82) is 0 Å². The average Bonchev–Trinajstić information content (AvgIpc) is 3.38. The fourth-order valence-electron chi connectivity index (χ4n) is 3.98. The van der Waals surface area contributed by atoms with E-state index in [1.165, 1.54) is 11.0 Å². The van der Waals surface area contributed by atoms with Gasteiger partial charge >= 0.3 is 5.97 Å². The van der Waals surface area contributed by atoms with E-state index in [1.54, 1.807) is 25.0 Å². The molecule has 9 heteroatoms. The lowest BCUT2D eigenvalue weighted by molar-refractivity contribution is -0.149. The molecule has 0 radical (unpaired) electrons. The highest BCUT2D eigenvalue weighted by atomic mass is 16.5. The van der Waals surface area contributed by atoms with E-state index < -0.39 is 0 Å². The molecular weight excluding hydrogens is 410 g/mol. The van der Waals surface area contributed by atoms with E-state index >= 15 is 0 Å². The minimum Gasteiger partial charge on any atom is -0.496 e. The third-order valence-electron chi connectivity index (χ3n) is 5.52. The van der Waals surface area contributed by atoms with E-state index in [0.29, 0.717) is 36.7 Å². The topological polar surface area (TPSA) is 99.4 Å². The number of ether oxygens (including phenoxy) is 2. The Kier molecular flexibility index (Phi) is 6.44. The van der Waals surface area contributed by atoms with Crippen LogP contribution in [0.4, 0.5) is 0 Å². The summed E-state index contributed by atoms with van der Waals surface area (Å²) in [6.07, 6.45) is 2.95. The van der Waals surface area contributed by atoms with Crippen molar-refractivity contribution >= 4 is 11.9 Å². The number of hydrogen-bond donors (Lipinski definition) is 0. The SMILES string of the molecule is CCOC(=O)[C@@H]1CCCN(C(=O)c2cc(-c3ccccc3OC)cc(-n3cnnn3)c2)C1. The number of amides is 1. The van der Waals surface area contributed by atoms with Crippen molar-refractivity contribution in [3.05, 3.63) is 54.4 Å². The maximum Gasteiger partial charge on any atom is 0.310 e. The van der Waals surface area contributed by atoms with Crippen LogP contribution in [0.2, 0.25) is 0 Å². The van der Waals surface area contributed by atoms with Crippen molar-refractivity contribution in [2.75, 3.05) is 26.8 Å². The molecule has 1 aliphatic heterocycles. The van der Waals surface area contributed by atoms with Gasteiger partial charge in [-0.1, -0.05) is 18.2 Å². The Labute approximate surface area is 185 Å². The molecule has 1 aliphatic rings. The van der Waals surface area contributed by atoms with E-state index in [4.69, 9.17) is 9.47 Å². The molecule has 4 rings (SSSR count). The van der Waals surface area contributed by atoms with Crippen LogP contribution in [0.1, 0.15) is 30.1 Å². The summed E-state index contributed by atoms with van der Waals surface area (Å²) in [4.78, 5) is 27.4. The van der Waals surface area contributed by atoms with Gasteiger partial charge in [-0.3, -0.25) is 9.59 Å². The third-order valence-corrected chi connectivity index (χ3v) is 5.52. The summed E-state index contributed by atoms with van der Waals surface area (Å²) in [7, 11) is 1.61. The smallest absolute Gasteiger partial charge is 0.310 e. The van der Waals surface area contributed by atoms with Gasteiger partial charge in [0.05, 0.1) is 25.3 Å². The van der Waals surface area contributed by atoms with Crippen molar-refractivity contribution in [3.8, 4) is 22.6 Å². The van der Waals surface area contributed by atoms with Gasteiger partial charge in [-0.2, -0.15) is 0 Å². The van der Waals surface area contributed by atoms with Gasteiger partial charge in [0.2, 0.25) is 0 Å². The highest BCUT2D eigenvalue weighted by Crippen LogP contribution is 2.32. The molecular formula is C23H25N5O4. The van der Waals surface area contributed by atoms with Crippen LogP contribution < -0.4 is 4.74 Å². The zero-order chi connectivity index (χ0) is 22.5. The Hall–Kier alpha value is -3.75. The first-order valence-electron chi connectivity index (χ1n) is 10.6. The number of nitrogens with zero attached hydrogens (tertiary/aromatic N) is 5. The Morgan fingerprint density at radius 1 is 1.19 bits per heavy atom. The molecule has 0 aliphatic carbocycles. The largest absolute Gasteiger partial charge is 0.496 e. The van der Waals surface area contributed by atoms with Crippen molar-refractivity contribution in [2.24, 2.45) is 5.92 Å². The lowest BCUT2D eigenvalue weighted by atomic mass is 9.96. The molecule has 1 saturated heterocycles. The van der Waals surface area contributed by atoms with Gasteiger partial charge in [-0.05, 0) is 60.0 Å². The van der Waals surface area contributed by atoms with Gasteiger partial charge < -0.3 is 14.4 Å². The van der Waals surface area contributed by atoms with E-state index in [2.05, 4.69) is 15.5 Å². The summed E-state index contributed by atoms with van der Waals surface area (Å²) in [5, 5.41) is 11.4. The quantitative estimate of drug-likeness (QED) is 0.549. The number of methoxy groups -OCH3 is 1. The summed E-state index contributed by atoms with van der Waals surface area (Å²) >= 11 is 0. The highest BCUT2D eigenvalue weighted by molar-refractivity contribution is 5.97. The molecule has 9 nitrogen and oxygen atoms in total. The molecule has 0 N–H and O–H groups in total. The van der Waals surface area contributed by atoms with E-state index in [0.717, 1.165) is 24.0 Å². The molecule has 0 spiro atoms. The van der Waals surface area contributed by atoms with Crippen LogP contribution in [0.25, 0.3) is 16.8 Å². The first-order valence-corrected chi connectivity index (χ1v) is 10.6. The molecule has 1 amide bonds. The lowest BCUT2D eigenvalue weighted by Crippen LogP contribution is -2.42. The number of aromatic nitrogens is 4. The Bertz CT molecular complexity index is 1100. The molecule has 32 heavy (non-hydrogen) atoms. The number of hydrogen-bond acceptors (Lipinski definition) is 7. The molecule has 0 saturated carbocycles. The van der Waals surface area contributed by atoms with Gasteiger partial charge in [0.15, 0.2) is 0 Å². The van der Waals surface area contributed by atoms with E-state index in [1.807, 2.05) is 36.4 Å². The molecule has 1 atom stereocenters. The number of likely N-dealkylation sites (tertiary alicyclic amines) is 1. The first-order chi connectivity index (χ1) is 15.6. The zero-order valence-corrected chi connectivity index (χ0v) is 18.1. The second kappa shape index (κ2) is 9.59. The predicted molar refractivity (Wildman–Crippen MR) is 116 cm³/mol. The van der Waals surface area contributed by atoms with E-state index in [-0.39, 0.29) is 17.8 Å². The van der Waals surface area contributed by atoms with Gasteiger partial charge in [0, 0.05) is 24.2 Å². The minimum atomic E-state index is -0.302. The number of benzene rings is 2. The zero-order valence-electron chi connectivity index (χ0n) is 18.1. The van der Waals surface area contributed by atoms with Gasteiger partial charge in [0.25, 0.3) is 5.91 Å².